The molecule has 0 unspecified atom stereocenters. The minimum absolute atomic E-state index is 0.227. The first-order chi connectivity index (χ1) is 10.6. The second-order valence-corrected chi connectivity index (χ2v) is 4.40. The Morgan fingerprint density at radius 3 is 2.09 bits per heavy atom. The van der Waals surface area contributed by atoms with Gasteiger partial charge in [0.2, 0.25) is 0 Å². The monoisotopic (exact) mass is 300 g/mol. The molecule has 0 radical (unpaired) electrons. The lowest BCUT2D eigenvalue weighted by molar-refractivity contribution is 0.100. The fourth-order valence-corrected chi connectivity index (χ4v) is 2.07. The van der Waals surface area contributed by atoms with Gasteiger partial charge in [-0.05, 0) is 24.3 Å². The third-order valence-electron chi connectivity index (χ3n) is 3.10. The third-order valence-corrected chi connectivity index (χ3v) is 3.10. The van der Waals surface area contributed by atoms with Crippen LogP contribution < -0.4 is 20.5 Å². The number of carbonyl (C=O) groups excluding carboxylic acids is 2. The topological polar surface area (TPSA) is 90.7 Å². The quantitative estimate of drug-likeness (QED) is 0.884. The average Bonchev–Trinajstić information content (AvgIpc) is 2.54. The van der Waals surface area contributed by atoms with Crippen molar-refractivity contribution in [3.63, 3.8) is 0 Å². The molecule has 0 atom stereocenters. The van der Waals surface area contributed by atoms with E-state index in [1.54, 1.807) is 36.4 Å². The molecule has 2 aromatic carbocycles. The Morgan fingerprint density at radius 1 is 0.955 bits per heavy atom. The van der Waals surface area contributed by atoms with Crippen LogP contribution in [0.1, 0.15) is 20.7 Å². The maximum atomic E-state index is 12.5. The number of nitrogens with two attached hydrogens (primary N) is 1. The average molecular weight is 300 g/mol. The van der Waals surface area contributed by atoms with Crippen LogP contribution in [0.4, 0.5) is 5.69 Å². The molecule has 0 aliphatic rings. The Kier molecular flexibility index (Phi) is 4.63. The molecule has 2 rings (SSSR count). The molecule has 0 spiro atoms. The summed E-state index contributed by atoms with van der Waals surface area (Å²) < 4.78 is 10.4. The Hall–Kier alpha value is -3.02. The van der Waals surface area contributed by atoms with Gasteiger partial charge in [0.15, 0.2) is 0 Å². The van der Waals surface area contributed by atoms with Crippen LogP contribution >= 0.6 is 0 Å². The van der Waals surface area contributed by atoms with E-state index in [-0.39, 0.29) is 11.1 Å². The number of hydrogen-bond acceptors (Lipinski definition) is 4. The van der Waals surface area contributed by atoms with Gasteiger partial charge in [0.25, 0.3) is 11.8 Å². The van der Waals surface area contributed by atoms with Crippen LogP contribution in [0, 0.1) is 0 Å². The minimum atomic E-state index is -0.622. The molecule has 22 heavy (non-hydrogen) atoms. The Morgan fingerprint density at radius 2 is 1.55 bits per heavy atom. The van der Waals surface area contributed by atoms with Crippen molar-refractivity contribution >= 4 is 17.5 Å². The van der Waals surface area contributed by atoms with Crippen molar-refractivity contribution in [1.29, 1.82) is 0 Å². The summed E-state index contributed by atoms with van der Waals surface area (Å²) >= 11 is 0. The lowest BCUT2D eigenvalue weighted by atomic mass is 10.1. The van der Waals surface area contributed by atoms with Crippen LogP contribution in [-0.2, 0) is 0 Å². The van der Waals surface area contributed by atoms with Crippen LogP contribution in [0.15, 0.2) is 42.5 Å². The molecule has 2 amide bonds. The van der Waals surface area contributed by atoms with E-state index >= 15 is 0 Å². The largest absolute Gasteiger partial charge is 0.496 e. The van der Waals surface area contributed by atoms with E-state index in [0.29, 0.717) is 17.2 Å². The summed E-state index contributed by atoms with van der Waals surface area (Å²) in [6.07, 6.45) is 0. The number of ether oxygens (including phenoxy) is 2. The van der Waals surface area contributed by atoms with Crippen LogP contribution in [0.25, 0.3) is 0 Å². The number of hydrogen-bond donors (Lipinski definition) is 2. The van der Waals surface area contributed by atoms with Crippen molar-refractivity contribution in [1.82, 2.24) is 0 Å². The highest BCUT2D eigenvalue weighted by Crippen LogP contribution is 2.29. The first kappa shape index (κ1) is 15.4. The third kappa shape index (κ3) is 3.01. The summed E-state index contributed by atoms with van der Waals surface area (Å²) in [4.78, 5) is 23.9. The Balaban J connectivity index is 2.41. The first-order valence-electron chi connectivity index (χ1n) is 6.49. The fraction of sp³-hybridized carbons (Fsp3) is 0.125. The first-order valence-corrected chi connectivity index (χ1v) is 6.49. The van der Waals surface area contributed by atoms with E-state index < -0.39 is 11.8 Å². The molecular formula is C16H16N2O4. The highest BCUT2D eigenvalue weighted by molar-refractivity contribution is 6.11. The standard InChI is InChI=1S/C16H16N2O4/c1-21-12-8-5-9-13(22-2)14(12)16(20)18-11-7-4-3-6-10(11)15(17)19/h3-9H,1-2H3,(H2,17,19)(H,18,20). The van der Waals surface area contributed by atoms with Crippen LogP contribution in [0.2, 0.25) is 0 Å². The van der Waals surface area contributed by atoms with Gasteiger partial charge < -0.3 is 20.5 Å². The van der Waals surface area contributed by atoms with Gasteiger partial charge in [0, 0.05) is 0 Å². The molecule has 6 heteroatoms. The number of rotatable bonds is 5. The van der Waals surface area contributed by atoms with Gasteiger partial charge in [-0.25, -0.2) is 0 Å². The summed E-state index contributed by atoms with van der Waals surface area (Å²) in [6, 6.07) is 11.5. The van der Waals surface area contributed by atoms with Crippen molar-refractivity contribution in [3.05, 3.63) is 53.6 Å². The van der Waals surface area contributed by atoms with Crippen LogP contribution in [0.3, 0.4) is 0 Å². The molecule has 0 aliphatic carbocycles. The van der Waals surface area contributed by atoms with E-state index in [0.717, 1.165) is 0 Å². The van der Waals surface area contributed by atoms with Gasteiger partial charge >= 0.3 is 0 Å². The van der Waals surface area contributed by atoms with Gasteiger partial charge in [-0.1, -0.05) is 18.2 Å². The summed E-state index contributed by atoms with van der Waals surface area (Å²) in [5.74, 6) is -0.340. The number of nitrogens with one attached hydrogen (secondary N) is 1. The van der Waals surface area contributed by atoms with Gasteiger partial charge in [-0.15, -0.1) is 0 Å². The molecule has 3 N–H and O–H groups in total. The van der Waals surface area contributed by atoms with E-state index in [2.05, 4.69) is 5.32 Å². The Bertz CT molecular complexity index is 691. The zero-order valence-corrected chi connectivity index (χ0v) is 12.3. The molecule has 0 fully saturated rings. The lowest BCUT2D eigenvalue weighted by Crippen LogP contribution is -2.19. The predicted octanol–water partition coefficient (Wildman–Crippen LogP) is 2.06. The van der Waals surface area contributed by atoms with E-state index in [1.165, 1.54) is 20.3 Å². The van der Waals surface area contributed by atoms with E-state index in [1.807, 2.05) is 0 Å². The minimum Gasteiger partial charge on any atom is -0.496 e. The SMILES string of the molecule is COc1cccc(OC)c1C(=O)Nc1ccccc1C(N)=O. The molecule has 0 saturated carbocycles. The zero-order valence-electron chi connectivity index (χ0n) is 12.3. The molecule has 0 heterocycles. The number of para-hydroxylation sites is 1. The number of primary amides is 1. The van der Waals surface area contributed by atoms with Crippen molar-refractivity contribution in [2.75, 3.05) is 19.5 Å². The normalized spacial score (nSPS) is 9.91. The second kappa shape index (κ2) is 6.62. The molecule has 2 aromatic rings. The van der Waals surface area contributed by atoms with E-state index in [9.17, 15) is 9.59 Å². The molecule has 0 aliphatic heterocycles. The number of carbonyl (C=O) groups is 2. The fourth-order valence-electron chi connectivity index (χ4n) is 2.07. The van der Waals surface area contributed by atoms with Crippen LogP contribution in [-0.4, -0.2) is 26.0 Å². The van der Waals surface area contributed by atoms with Crippen molar-refractivity contribution in [2.45, 2.75) is 0 Å². The number of anilines is 1. The van der Waals surface area contributed by atoms with Gasteiger partial charge in [-0.3, -0.25) is 9.59 Å². The highest BCUT2D eigenvalue weighted by Gasteiger charge is 2.19. The molecule has 6 nitrogen and oxygen atoms in total. The summed E-state index contributed by atoms with van der Waals surface area (Å²) in [6.45, 7) is 0. The maximum Gasteiger partial charge on any atom is 0.263 e. The molecule has 0 bridgehead atoms. The summed E-state index contributed by atoms with van der Waals surface area (Å²) in [5, 5.41) is 2.66. The number of benzene rings is 2. The van der Waals surface area contributed by atoms with Crippen molar-refractivity contribution in [3.8, 4) is 11.5 Å². The smallest absolute Gasteiger partial charge is 0.263 e. The maximum absolute atomic E-state index is 12.5. The van der Waals surface area contributed by atoms with Gasteiger partial charge in [-0.2, -0.15) is 0 Å². The molecule has 0 aromatic heterocycles. The van der Waals surface area contributed by atoms with Crippen molar-refractivity contribution in [2.24, 2.45) is 5.73 Å². The van der Waals surface area contributed by atoms with Gasteiger partial charge in [0.05, 0.1) is 25.5 Å². The predicted molar refractivity (Wildman–Crippen MR) is 82.5 cm³/mol. The summed E-state index contributed by atoms with van der Waals surface area (Å²) in [5.41, 5.74) is 6.10. The molecule has 114 valence electrons. The van der Waals surface area contributed by atoms with E-state index in [4.69, 9.17) is 15.2 Å². The molecule has 0 saturated heterocycles. The Labute approximate surface area is 127 Å². The number of methoxy groups -OCH3 is 2. The zero-order chi connectivity index (χ0) is 16.1. The summed E-state index contributed by atoms with van der Waals surface area (Å²) in [7, 11) is 2.92. The lowest BCUT2D eigenvalue weighted by Gasteiger charge is -2.14. The molecular weight excluding hydrogens is 284 g/mol. The second-order valence-electron chi connectivity index (χ2n) is 4.40. The van der Waals surface area contributed by atoms with Crippen LogP contribution in [0.5, 0.6) is 11.5 Å². The number of amides is 2. The van der Waals surface area contributed by atoms with Crippen molar-refractivity contribution < 1.29 is 19.1 Å². The highest BCUT2D eigenvalue weighted by atomic mass is 16.5. The van der Waals surface area contributed by atoms with Gasteiger partial charge in [0.1, 0.15) is 17.1 Å².